The van der Waals surface area contributed by atoms with Crippen molar-refractivity contribution in [2.45, 2.75) is 12.3 Å². The number of hydrogen-bond acceptors (Lipinski definition) is 5. The third-order valence-corrected chi connectivity index (χ3v) is 5.04. The number of amides is 1. The molecule has 1 atom stereocenters. The molecule has 5 nitrogen and oxygen atoms in total. The van der Waals surface area contributed by atoms with Gasteiger partial charge in [-0.25, -0.2) is 4.39 Å². The van der Waals surface area contributed by atoms with E-state index in [1.165, 1.54) is 28.4 Å². The van der Waals surface area contributed by atoms with Crippen molar-refractivity contribution in [3.05, 3.63) is 52.4 Å². The summed E-state index contributed by atoms with van der Waals surface area (Å²) in [6.45, 7) is 0.280. The summed E-state index contributed by atoms with van der Waals surface area (Å²) in [5, 5.41) is 5.87. The number of carbonyl (C=O) groups is 1. The minimum Gasteiger partial charge on any atom is -0.339 e. The number of thiophene rings is 1. The Morgan fingerprint density at radius 2 is 2.21 bits per heavy atom. The zero-order chi connectivity index (χ0) is 16.7. The predicted molar refractivity (Wildman–Crippen MR) is 88.7 cm³/mol. The van der Waals surface area contributed by atoms with Crippen molar-refractivity contribution in [1.82, 2.24) is 10.1 Å². The second-order valence-corrected chi connectivity index (χ2v) is 6.77. The SMILES string of the molecule is O=C1CC(c2nc(-c3cccs3)no2)CN1c1cccc(Cl)c1F. The first kappa shape index (κ1) is 15.3. The Kier molecular flexibility index (Phi) is 3.82. The number of hydrogen-bond donors (Lipinski definition) is 0. The van der Waals surface area contributed by atoms with Crippen LogP contribution in [0.2, 0.25) is 5.02 Å². The lowest BCUT2D eigenvalue weighted by Gasteiger charge is -2.17. The summed E-state index contributed by atoms with van der Waals surface area (Å²) in [6.07, 6.45) is 0.192. The number of rotatable bonds is 3. The topological polar surface area (TPSA) is 59.2 Å². The quantitative estimate of drug-likeness (QED) is 0.702. The van der Waals surface area contributed by atoms with Crippen molar-refractivity contribution in [1.29, 1.82) is 0 Å². The van der Waals surface area contributed by atoms with Crippen LogP contribution in [0.5, 0.6) is 0 Å². The molecule has 3 aromatic rings. The molecule has 0 N–H and O–H groups in total. The van der Waals surface area contributed by atoms with Gasteiger partial charge in [0.2, 0.25) is 17.6 Å². The molecule has 0 spiro atoms. The highest BCUT2D eigenvalue weighted by atomic mass is 35.5. The summed E-state index contributed by atoms with van der Waals surface area (Å²) in [6, 6.07) is 8.39. The average Bonchev–Trinajstić information content (AvgIpc) is 3.29. The molecule has 2 aromatic heterocycles. The molecule has 1 unspecified atom stereocenters. The average molecular weight is 364 g/mol. The van der Waals surface area contributed by atoms with E-state index in [0.717, 1.165) is 4.88 Å². The van der Waals surface area contributed by atoms with Gasteiger partial charge in [0, 0.05) is 13.0 Å². The van der Waals surface area contributed by atoms with Crippen LogP contribution in [0.3, 0.4) is 0 Å². The molecule has 0 saturated carbocycles. The van der Waals surface area contributed by atoms with Crippen LogP contribution in [0, 0.1) is 5.82 Å². The standard InChI is InChI=1S/C16H11ClFN3O2S/c17-10-3-1-4-11(14(10)18)21-8-9(7-13(21)22)16-19-15(20-23-16)12-5-2-6-24-12/h1-6,9H,7-8H2. The largest absolute Gasteiger partial charge is 0.339 e. The monoisotopic (exact) mass is 363 g/mol. The molecule has 0 aliphatic carbocycles. The minimum absolute atomic E-state index is 0.0125. The maximum Gasteiger partial charge on any atom is 0.232 e. The number of nitrogens with zero attached hydrogens (tertiary/aromatic N) is 3. The molecule has 1 aliphatic rings. The van der Waals surface area contributed by atoms with Crippen LogP contribution in [0.15, 0.2) is 40.2 Å². The third-order valence-electron chi connectivity index (χ3n) is 3.88. The molecule has 1 saturated heterocycles. The van der Waals surface area contributed by atoms with Crippen LogP contribution in [-0.2, 0) is 4.79 Å². The van der Waals surface area contributed by atoms with Crippen LogP contribution in [0.1, 0.15) is 18.2 Å². The summed E-state index contributed by atoms with van der Waals surface area (Å²) in [4.78, 5) is 18.9. The summed E-state index contributed by atoms with van der Waals surface area (Å²) in [5.74, 6) is -0.177. The van der Waals surface area contributed by atoms with Crippen molar-refractivity contribution < 1.29 is 13.7 Å². The Balaban J connectivity index is 1.59. The molecule has 4 rings (SSSR count). The minimum atomic E-state index is -0.599. The molecule has 1 aromatic carbocycles. The fraction of sp³-hybridized carbons (Fsp3) is 0.188. The van der Waals surface area contributed by atoms with E-state index in [-0.39, 0.29) is 35.5 Å². The van der Waals surface area contributed by atoms with Gasteiger partial charge in [0.1, 0.15) is 0 Å². The first-order valence-electron chi connectivity index (χ1n) is 7.25. The van der Waals surface area contributed by atoms with Crippen molar-refractivity contribution >= 4 is 34.5 Å². The molecule has 0 radical (unpaired) electrons. The molecular weight excluding hydrogens is 353 g/mol. The molecule has 0 bridgehead atoms. The molecule has 24 heavy (non-hydrogen) atoms. The van der Waals surface area contributed by atoms with Crippen molar-refractivity contribution in [2.24, 2.45) is 0 Å². The van der Waals surface area contributed by atoms with Gasteiger partial charge in [-0.3, -0.25) is 4.79 Å². The second kappa shape index (κ2) is 5.99. The van der Waals surface area contributed by atoms with E-state index in [2.05, 4.69) is 10.1 Å². The summed E-state index contributed by atoms with van der Waals surface area (Å²) in [7, 11) is 0. The predicted octanol–water partition coefficient (Wildman–Crippen LogP) is 4.11. The normalized spacial score (nSPS) is 17.7. The van der Waals surface area contributed by atoms with Crippen LogP contribution in [-0.4, -0.2) is 22.6 Å². The van der Waals surface area contributed by atoms with Crippen molar-refractivity contribution in [3.8, 4) is 10.7 Å². The lowest BCUT2D eigenvalue weighted by molar-refractivity contribution is -0.117. The fourth-order valence-corrected chi connectivity index (χ4v) is 3.53. The zero-order valence-corrected chi connectivity index (χ0v) is 13.9. The number of aromatic nitrogens is 2. The van der Waals surface area contributed by atoms with Gasteiger partial charge in [-0.15, -0.1) is 11.3 Å². The van der Waals surface area contributed by atoms with E-state index < -0.39 is 5.82 Å². The molecule has 1 aliphatic heterocycles. The van der Waals surface area contributed by atoms with Gasteiger partial charge in [0.25, 0.3) is 0 Å². The number of benzene rings is 1. The molecule has 1 amide bonds. The Morgan fingerprint density at radius 3 is 3.00 bits per heavy atom. The van der Waals surface area contributed by atoms with Crippen molar-refractivity contribution in [3.63, 3.8) is 0 Å². The van der Waals surface area contributed by atoms with Gasteiger partial charge in [-0.05, 0) is 23.6 Å². The van der Waals surface area contributed by atoms with E-state index >= 15 is 0 Å². The van der Waals surface area contributed by atoms with Crippen LogP contribution >= 0.6 is 22.9 Å². The Hall–Kier alpha value is -2.25. The number of halogens is 2. The highest BCUT2D eigenvalue weighted by Crippen LogP contribution is 2.35. The summed E-state index contributed by atoms with van der Waals surface area (Å²) in [5.41, 5.74) is 0.174. The summed E-state index contributed by atoms with van der Waals surface area (Å²) < 4.78 is 19.5. The Labute approximate surface area is 145 Å². The first-order valence-corrected chi connectivity index (χ1v) is 8.51. The molecule has 3 heterocycles. The fourth-order valence-electron chi connectivity index (χ4n) is 2.71. The second-order valence-electron chi connectivity index (χ2n) is 5.41. The Bertz CT molecular complexity index is 897. The van der Waals surface area contributed by atoms with Gasteiger partial charge < -0.3 is 9.42 Å². The van der Waals surface area contributed by atoms with Gasteiger partial charge in [0.15, 0.2) is 5.82 Å². The number of anilines is 1. The smallest absolute Gasteiger partial charge is 0.232 e. The van der Waals surface area contributed by atoms with Crippen LogP contribution in [0.25, 0.3) is 10.7 Å². The number of carbonyl (C=O) groups excluding carboxylic acids is 1. The van der Waals surface area contributed by atoms with Crippen molar-refractivity contribution in [2.75, 3.05) is 11.4 Å². The van der Waals surface area contributed by atoms with E-state index in [1.807, 2.05) is 17.5 Å². The van der Waals surface area contributed by atoms with E-state index in [9.17, 15) is 9.18 Å². The molecular formula is C16H11ClFN3O2S. The van der Waals surface area contributed by atoms with E-state index in [0.29, 0.717) is 11.7 Å². The zero-order valence-electron chi connectivity index (χ0n) is 12.3. The first-order chi connectivity index (χ1) is 11.6. The third kappa shape index (κ3) is 2.59. The Morgan fingerprint density at radius 1 is 1.33 bits per heavy atom. The van der Waals surface area contributed by atoms with E-state index in [1.54, 1.807) is 6.07 Å². The summed E-state index contributed by atoms with van der Waals surface area (Å²) >= 11 is 7.31. The van der Waals surface area contributed by atoms with Gasteiger partial charge in [-0.1, -0.05) is 28.9 Å². The van der Waals surface area contributed by atoms with Crippen LogP contribution in [0.4, 0.5) is 10.1 Å². The highest BCUT2D eigenvalue weighted by Gasteiger charge is 2.36. The highest BCUT2D eigenvalue weighted by molar-refractivity contribution is 7.13. The molecule has 122 valence electrons. The van der Waals surface area contributed by atoms with E-state index in [4.69, 9.17) is 16.1 Å². The molecule has 8 heteroatoms. The molecule has 1 fully saturated rings. The van der Waals surface area contributed by atoms with Crippen LogP contribution < -0.4 is 4.90 Å². The van der Waals surface area contributed by atoms with Gasteiger partial charge in [0.05, 0.1) is 21.5 Å². The van der Waals surface area contributed by atoms with Gasteiger partial charge >= 0.3 is 0 Å². The maximum atomic E-state index is 14.2. The maximum absolute atomic E-state index is 14.2. The lowest BCUT2D eigenvalue weighted by Crippen LogP contribution is -2.25. The lowest BCUT2D eigenvalue weighted by atomic mass is 10.1. The van der Waals surface area contributed by atoms with Gasteiger partial charge in [-0.2, -0.15) is 4.98 Å².